The van der Waals surface area contributed by atoms with Crippen LogP contribution in [0, 0.1) is 11.3 Å². The number of nitrogens with one attached hydrogen (secondary N) is 1. The summed E-state index contributed by atoms with van der Waals surface area (Å²) in [6, 6.07) is 17.1. The molecule has 1 fully saturated rings. The van der Waals surface area contributed by atoms with Gasteiger partial charge in [-0.25, -0.2) is 0 Å². The standard InChI is InChI=1S/C22H24N2O3/c1-16(2)27-19-8-9-20(17(14-19)15-23)24-21(25)22(10-12-26-13-11-22)18-6-4-3-5-7-18/h3-9,14,16H,10-13H2,1-2H3,(H,24,25). The molecule has 0 aliphatic carbocycles. The summed E-state index contributed by atoms with van der Waals surface area (Å²) in [6.07, 6.45) is 1.24. The lowest BCUT2D eigenvalue weighted by Crippen LogP contribution is -2.44. The van der Waals surface area contributed by atoms with E-state index in [0.717, 1.165) is 5.56 Å². The van der Waals surface area contributed by atoms with Crippen molar-refractivity contribution in [2.24, 2.45) is 0 Å². The van der Waals surface area contributed by atoms with Gasteiger partial charge >= 0.3 is 0 Å². The number of nitrogens with zero attached hydrogens (tertiary/aromatic N) is 1. The molecule has 0 atom stereocenters. The monoisotopic (exact) mass is 364 g/mol. The predicted octanol–water partition coefficient (Wildman–Crippen LogP) is 4.03. The van der Waals surface area contributed by atoms with Gasteiger partial charge < -0.3 is 14.8 Å². The molecule has 1 heterocycles. The van der Waals surface area contributed by atoms with Crippen molar-refractivity contribution in [3.8, 4) is 11.8 Å². The van der Waals surface area contributed by atoms with Crippen molar-refractivity contribution in [2.45, 2.75) is 38.2 Å². The lowest BCUT2D eigenvalue weighted by molar-refractivity contribution is -0.125. The average molecular weight is 364 g/mol. The molecule has 5 nitrogen and oxygen atoms in total. The largest absolute Gasteiger partial charge is 0.491 e. The quantitative estimate of drug-likeness (QED) is 0.869. The molecule has 0 radical (unpaired) electrons. The zero-order valence-corrected chi connectivity index (χ0v) is 15.7. The van der Waals surface area contributed by atoms with E-state index in [1.165, 1.54) is 0 Å². The maximum Gasteiger partial charge on any atom is 0.235 e. The Morgan fingerprint density at radius 1 is 1.19 bits per heavy atom. The van der Waals surface area contributed by atoms with Gasteiger partial charge in [0.25, 0.3) is 0 Å². The highest BCUT2D eigenvalue weighted by molar-refractivity contribution is 6.00. The molecule has 1 aliphatic rings. The van der Waals surface area contributed by atoms with Crippen molar-refractivity contribution >= 4 is 11.6 Å². The Labute approximate surface area is 159 Å². The number of nitriles is 1. The normalized spacial score (nSPS) is 15.8. The van der Waals surface area contributed by atoms with Crippen molar-refractivity contribution in [1.29, 1.82) is 5.26 Å². The molecule has 1 N–H and O–H groups in total. The number of hydrogen-bond acceptors (Lipinski definition) is 4. The maximum atomic E-state index is 13.3. The molecular weight excluding hydrogens is 340 g/mol. The Morgan fingerprint density at radius 3 is 2.52 bits per heavy atom. The van der Waals surface area contributed by atoms with Crippen molar-refractivity contribution in [1.82, 2.24) is 0 Å². The van der Waals surface area contributed by atoms with Crippen LogP contribution in [0.3, 0.4) is 0 Å². The molecule has 27 heavy (non-hydrogen) atoms. The van der Waals surface area contributed by atoms with Gasteiger partial charge in [0.15, 0.2) is 0 Å². The minimum Gasteiger partial charge on any atom is -0.491 e. The van der Waals surface area contributed by atoms with Crippen LogP contribution in [-0.2, 0) is 14.9 Å². The molecular formula is C22H24N2O3. The van der Waals surface area contributed by atoms with Crippen LogP contribution in [-0.4, -0.2) is 25.2 Å². The number of carbonyl (C=O) groups excluding carboxylic acids is 1. The average Bonchev–Trinajstić information content (AvgIpc) is 2.69. The summed E-state index contributed by atoms with van der Waals surface area (Å²) in [4.78, 5) is 13.3. The van der Waals surface area contributed by atoms with Crippen LogP contribution < -0.4 is 10.1 Å². The molecule has 0 bridgehead atoms. The minimum absolute atomic E-state index is 0.0144. The fraction of sp³-hybridized carbons (Fsp3) is 0.364. The second-order valence-corrected chi connectivity index (χ2v) is 7.00. The van der Waals surface area contributed by atoms with Crippen LogP contribution in [0.4, 0.5) is 5.69 Å². The molecule has 1 aliphatic heterocycles. The summed E-state index contributed by atoms with van der Waals surface area (Å²) >= 11 is 0. The molecule has 1 amide bonds. The van der Waals surface area contributed by atoms with Gasteiger partial charge in [0.1, 0.15) is 11.8 Å². The van der Waals surface area contributed by atoms with Crippen LogP contribution in [0.2, 0.25) is 0 Å². The number of hydrogen-bond donors (Lipinski definition) is 1. The zero-order valence-electron chi connectivity index (χ0n) is 15.7. The fourth-order valence-corrected chi connectivity index (χ4v) is 3.44. The van der Waals surface area contributed by atoms with E-state index in [4.69, 9.17) is 9.47 Å². The van der Waals surface area contributed by atoms with Crippen molar-refractivity contribution in [3.05, 3.63) is 59.7 Å². The molecule has 3 rings (SSSR count). The number of carbonyl (C=O) groups is 1. The van der Waals surface area contributed by atoms with Gasteiger partial charge in [-0.3, -0.25) is 4.79 Å². The first-order valence-corrected chi connectivity index (χ1v) is 9.21. The summed E-state index contributed by atoms with van der Waals surface area (Å²) in [7, 11) is 0. The highest BCUT2D eigenvalue weighted by Gasteiger charge is 2.41. The van der Waals surface area contributed by atoms with Gasteiger partial charge in [-0.15, -0.1) is 0 Å². The molecule has 2 aromatic carbocycles. The summed E-state index contributed by atoms with van der Waals surface area (Å²) in [6.45, 7) is 4.93. The highest BCUT2D eigenvalue weighted by Crippen LogP contribution is 2.36. The third-order valence-corrected chi connectivity index (χ3v) is 4.84. The molecule has 0 unspecified atom stereocenters. The van der Waals surface area contributed by atoms with Crippen molar-refractivity contribution < 1.29 is 14.3 Å². The van der Waals surface area contributed by atoms with E-state index in [1.807, 2.05) is 44.2 Å². The molecule has 5 heteroatoms. The Kier molecular flexibility index (Phi) is 5.78. The number of anilines is 1. The number of benzene rings is 2. The minimum atomic E-state index is -0.653. The van der Waals surface area contributed by atoms with Crippen molar-refractivity contribution in [3.63, 3.8) is 0 Å². The molecule has 0 aromatic heterocycles. The van der Waals surface area contributed by atoms with Crippen LogP contribution in [0.5, 0.6) is 5.75 Å². The number of amides is 1. The molecule has 2 aromatic rings. The van der Waals surface area contributed by atoms with E-state index in [2.05, 4.69) is 11.4 Å². The molecule has 0 saturated carbocycles. The van der Waals surface area contributed by atoms with Gasteiger partial charge in [0.2, 0.25) is 5.91 Å². The summed E-state index contributed by atoms with van der Waals surface area (Å²) in [5.41, 5.74) is 1.21. The molecule has 0 spiro atoms. The van der Waals surface area contributed by atoms with E-state index >= 15 is 0 Å². The maximum absolute atomic E-state index is 13.3. The second-order valence-electron chi connectivity index (χ2n) is 7.00. The van der Waals surface area contributed by atoms with Crippen LogP contribution in [0.1, 0.15) is 37.8 Å². The summed E-state index contributed by atoms with van der Waals surface area (Å²) in [5, 5.41) is 12.5. The third kappa shape index (κ3) is 4.12. The van der Waals surface area contributed by atoms with Gasteiger partial charge in [-0.2, -0.15) is 5.26 Å². The van der Waals surface area contributed by atoms with Crippen LogP contribution >= 0.6 is 0 Å². The highest BCUT2D eigenvalue weighted by atomic mass is 16.5. The van der Waals surface area contributed by atoms with E-state index < -0.39 is 5.41 Å². The Hall–Kier alpha value is -2.84. The summed E-state index contributed by atoms with van der Waals surface area (Å²) in [5.74, 6) is 0.509. The van der Waals surface area contributed by atoms with Gasteiger partial charge in [0.05, 0.1) is 22.8 Å². The molecule has 1 saturated heterocycles. The summed E-state index contributed by atoms with van der Waals surface area (Å²) < 4.78 is 11.1. The first kappa shape index (κ1) is 18.9. The third-order valence-electron chi connectivity index (χ3n) is 4.84. The Bertz CT molecular complexity index is 834. The predicted molar refractivity (Wildman–Crippen MR) is 104 cm³/mol. The van der Waals surface area contributed by atoms with Gasteiger partial charge in [-0.05, 0) is 44.4 Å². The van der Waals surface area contributed by atoms with Crippen LogP contribution in [0.15, 0.2) is 48.5 Å². The van der Waals surface area contributed by atoms with E-state index in [1.54, 1.807) is 18.2 Å². The molecule has 140 valence electrons. The lowest BCUT2D eigenvalue weighted by atomic mass is 9.73. The number of ether oxygens (including phenoxy) is 2. The first-order chi connectivity index (χ1) is 13.0. The van der Waals surface area contributed by atoms with E-state index in [9.17, 15) is 10.1 Å². The smallest absolute Gasteiger partial charge is 0.235 e. The van der Waals surface area contributed by atoms with Gasteiger partial charge in [0, 0.05) is 19.3 Å². The van der Waals surface area contributed by atoms with Gasteiger partial charge in [-0.1, -0.05) is 30.3 Å². The van der Waals surface area contributed by atoms with E-state index in [-0.39, 0.29) is 12.0 Å². The number of rotatable bonds is 5. The topological polar surface area (TPSA) is 71.3 Å². The first-order valence-electron chi connectivity index (χ1n) is 9.21. The lowest BCUT2D eigenvalue weighted by Gasteiger charge is -2.36. The zero-order chi connectivity index (χ0) is 19.3. The van der Waals surface area contributed by atoms with Crippen molar-refractivity contribution in [2.75, 3.05) is 18.5 Å². The SMILES string of the molecule is CC(C)Oc1ccc(NC(=O)C2(c3ccccc3)CCOCC2)c(C#N)c1. The Balaban J connectivity index is 1.89. The fourth-order valence-electron chi connectivity index (χ4n) is 3.44. The Morgan fingerprint density at radius 2 is 1.89 bits per heavy atom. The van der Waals surface area contributed by atoms with Crippen LogP contribution in [0.25, 0.3) is 0 Å². The second kappa shape index (κ2) is 8.24. The van der Waals surface area contributed by atoms with E-state index in [0.29, 0.717) is 43.1 Å².